The number of carbonyl (C=O) groups is 1. The lowest BCUT2D eigenvalue weighted by Gasteiger charge is -2.35. The second kappa shape index (κ2) is 4.62. The Balaban J connectivity index is 1.85. The van der Waals surface area contributed by atoms with Crippen LogP contribution in [-0.2, 0) is 4.79 Å². The van der Waals surface area contributed by atoms with Crippen LogP contribution in [0, 0.1) is 5.92 Å². The monoisotopic (exact) mass is 211 g/mol. The van der Waals surface area contributed by atoms with E-state index in [2.05, 4.69) is 4.90 Å². The maximum absolute atomic E-state index is 10.7. The van der Waals surface area contributed by atoms with Crippen molar-refractivity contribution >= 4 is 6.29 Å². The van der Waals surface area contributed by atoms with Gasteiger partial charge in [-0.1, -0.05) is 12.8 Å². The van der Waals surface area contributed by atoms with E-state index in [-0.39, 0.29) is 5.92 Å². The zero-order valence-corrected chi connectivity index (χ0v) is 9.32. The Morgan fingerprint density at radius 3 is 2.73 bits per heavy atom. The lowest BCUT2D eigenvalue weighted by atomic mass is 9.96. The number of hydrogen-bond donors (Lipinski definition) is 1. The summed E-state index contributed by atoms with van der Waals surface area (Å²) in [6.07, 6.45) is 7.39. The fourth-order valence-corrected chi connectivity index (χ4v) is 2.95. The van der Waals surface area contributed by atoms with Gasteiger partial charge >= 0.3 is 0 Å². The van der Waals surface area contributed by atoms with Gasteiger partial charge in [-0.3, -0.25) is 4.90 Å². The van der Waals surface area contributed by atoms with E-state index in [4.69, 9.17) is 0 Å². The van der Waals surface area contributed by atoms with E-state index in [0.717, 1.165) is 64.4 Å². The molecule has 86 valence electrons. The molecule has 1 atom stereocenters. The van der Waals surface area contributed by atoms with Gasteiger partial charge in [0.1, 0.15) is 6.29 Å². The number of piperidine rings is 1. The minimum Gasteiger partial charge on any atom is -0.389 e. The fraction of sp³-hybridized carbons (Fsp3) is 0.917. The van der Waals surface area contributed by atoms with Crippen LogP contribution in [0.5, 0.6) is 0 Å². The quantitative estimate of drug-likeness (QED) is 0.713. The molecule has 1 saturated carbocycles. The van der Waals surface area contributed by atoms with Crippen molar-refractivity contribution in [1.82, 2.24) is 4.90 Å². The summed E-state index contributed by atoms with van der Waals surface area (Å²) in [4.78, 5) is 13.0. The molecule has 1 unspecified atom stereocenters. The predicted molar refractivity (Wildman–Crippen MR) is 58.6 cm³/mol. The zero-order chi connectivity index (χ0) is 10.7. The van der Waals surface area contributed by atoms with Gasteiger partial charge in [-0.05, 0) is 32.2 Å². The maximum atomic E-state index is 10.7. The second-order valence-electron chi connectivity index (χ2n) is 5.20. The minimum atomic E-state index is -0.454. The summed E-state index contributed by atoms with van der Waals surface area (Å²) < 4.78 is 0. The number of nitrogens with zero attached hydrogens (tertiary/aromatic N) is 1. The topological polar surface area (TPSA) is 40.5 Å². The molecule has 0 aromatic heterocycles. The van der Waals surface area contributed by atoms with E-state index in [1.165, 1.54) is 0 Å². The van der Waals surface area contributed by atoms with Crippen molar-refractivity contribution in [2.45, 2.75) is 44.1 Å². The first-order valence-corrected chi connectivity index (χ1v) is 6.12. The first kappa shape index (κ1) is 11.1. The molecule has 1 N–H and O–H groups in total. The highest BCUT2D eigenvalue weighted by Gasteiger charge is 2.34. The zero-order valence-electron chi connectivity index (χ0n) is 9.32. The molecule has 3 nitrogen and oxygen atoms in total. The van der Waals surface area contributed by atoms with E-state index >= 15 is 0 Å². The molecule has 2 aliphatic rings. The predicted octanol–water partition coefficient (Wildman–Crippen LogP) is 1.20. The summed E-state index contributed by atoms with van der Waals surface area (Å²) in [6, 6.07) is 0. The Hall–Kier alpha value is -0.410. The average Bonchev–Trinajstić information content (AvgIpc) is 2.65. The summed E-state index contributed by atoms with van der Waals surface area (Å²) >= 11 is 0. The molecule has 1 aliphatic heterocycles. The molecule has 0 radical (unpaired) electrons. The van der Waals surface area contributed by atoms with Gasteiger partial charge < -0.3 is 9.90 Å². The molecular formula is C12H21NO2. The second-order valence-corrected chi connectivity index (χ2v) is 5.20. The Kier molecular flexibility index (Phi) is 3.42. The SMILES string of the molecule is O=CC1CCCN(CC2(O)CCCC2)C1. The number of aldehydes is 1. The molecule has 3 heteroatoms. The molecule has 1 saturated heterocycles. The first-order valence-electron chi connectivity index (χ1n) is 6.12. The van der Waals surface area contributed by atoms with Crippen molar-refractivity contribution in [3.8, 4) is 0 Å². The van der Waals surface area contributed by atoms with Crippen LogP contribution in [0.3, 0.4) is 0 Å². The summed E-state index contributed by atoms with van der Waals surface area (Å²) in [6.45, 7) is 2.68. The van der Waals surface area contributed by atoms with E-state index < -0.39 is 5.60 Å². The summed E-state index contributed by atoms with van der Waals surface area (Å²) in [5.41, 5.74) is -0.454. The summed E-state index contributed by atoms with van der Waals surface area (Å²) in [5, 5.41) is 10.3. The van der Waals surface area contributed by atoms with Gasteiger partial charge in [0, 0.05) is 19.0 Å². The lowest BCUT2D eigenvalue weighted by Crippen LogP contribution is -2.45. The smallest absolute Gasteiger partial charge is 0.124 e. The molecule has 0 amide bonds. The molecule has 1 aliphatic carbocycles. The average molecular weight is 211 g/mol. The molecule has 0 spiro atoms. The van der Waals surface area contributed by atoms with Crippen LogP contribution in [0.1, 0.15) is 38.5 Å². The van der Waals surface area contributed by atoms with Gasteiger partial charge in [-0.15, -0.1) is 0 Å². The maximum Gasteiger partial charge on any atom is 0.124 e. The Bertz CT molecular complexity index is 224. The molecule has 1 heterocycles. The molecule has 0 aromatic rings. The van der Waals surface area contributed by atoms with E-state index in [9.17, 15) is 9.90 Å². The van der Waals surface area contributed by atoms with Gasteiger partial charge in [0.2, 0.25) is 0 Å². The van der Waals surface area contributed by atoms with Gasteiger partial charge in [0.15, 0.2) is 0 Å². The number of aliphatic hydroxyl groups is 1. The van der Waals surface area contributed by atoms with Crippen LogP contribution in [0.15, 0.2) is 0 Å². The summed E-state index contributed by atoms with van der Waals surface area (Å²) in [5.74, 6) is 0.198. The molecule has 0 aromatic carbocycles. The first-order chi connectivity index (χ1) is 7.22. The van der Waals surface area contributed by atoms with Crippen molar-refractivity contribution in [3.63, 3.8) is 0 Å². The van der Waals surface area contributed by atoms with Crippen LogP contribution >= 0.6 is 0 Å². The number of carbonyl (C=O) groups excluding carboxylic acids is 1. The Morgan fingerprint density at radius 2 is 2.07 bits per heavy atom. The number of hydrogen-bond acceptors (Lipinski definition) is 3. The van der Waals surface area contributed by atoms with Gasteiger partial charge in [0.25, 0.3) is 0 Å². The van der Waals surface area contributed by atoms with Gasteiger partial charge in [0.05, 0.1) is 5.60 Å². The third-order valence-corrected chi connectivity index (χ3v) is 3.79. The van der Waals surface area contributed by atoms with E-state index in [1.54, 1.807) is 0 Å². The van der Waals surface area contributed by atoms with Crippen molar-refractivity contribution in [2.75, 3.05) is 19.6 Å². The third kappa shape index (κ3) is 2.79. The van der Waals surface area contributed by atoms with Crippen LogP contribution in [0.4, 0.5) is 0 Å². The van der Waals surface area contributed by atoms with E-state index in [1.807, 2.05) is 0 Å². The van der Waals surface area contributed by atoms with Crippen LogP contribution in [-0.4, -0.2) is 41.5 Å². The standard InChI is InChI=1S/C12H21NO2/c14-9-11-4-3-7-13(8-11)10-12(15)5-1-2-6-12/h9,11,15H,1-8,10H2. The number of rotatable bonds is 3. The van der Waals surface area contributed by atoms with Crippen LogP contribution in [0.2, 0.25) is 0 Å². The molecular weight excluding hydrogens is 190 g/mol. The minimum absolute atomic E-state index is 0.198. The normalized spacial score (nSPS) is 31.7. The Labute approximate surface area is 91.5 Å². The summed E-state index contributed by atoms with van der Waals surface area (Å²) in [7, 11) is 0. The molecule has 0 bridgehead atoms. The van der Waals surface area contributed by atoms with Crippen molar-refractivity contribution in [1.29, 1.82) is 0 Å². The molecule has 2 fully saturated rings. The fourth-order valence-electron chi connectivity index (χ4n) is 2.95. The van der Waals surface area contributed by atoms with E-state index in [0.29, 0.717) is 0 Å². The van der Waals surface area contributed by atoms with Crippen molar-refractivity contribution < 1.29 is 9.90 Å². The third-order valence-electron chi connectivity index (χ3n) is 3.79. The Morgan fingerprint density at radius 1 is 1.33 bits per heavy atom. The van der Waals surface area contributed by atoms with Crippen molar-refractivity contribution in [2.24, 2.45) is 5.92 Å². The number of β-amino-alcohol motifs (C(OH)–C–C–N with tert-alkyl or cyclic N) is 1. The van der Waals surface area contributed by atoms with Crippen molar-refractivity contribution in [3.05, 3.63) is 0 Å². The van der Waals surface area contributed by atoms with Crippen LogP contribution in [0.25, 0.3) is 0 Å². The lowest BCUT2D eigenvalue weighted by molar-refractivity contribution is -0.113. The highest BCUT2D eigenvalue weighted by Crippen LogP contribution is 2.31. The highest BCUT2D eigenvalue weighted by atomic mass is 16.3. The van der Waals surface area contributed by atoms with Gasteiger partial charge in [-0.25, -0.2) is 0 Å². The number of likely N-dealkylation sites (tertiary alicyclic amines) is 1. The molecule has 15 heavy (non-hydrogen) atoms. The molecule has 2 rings (SSSR count). The highest BCUT2D eigenvalue weighted by molar-refractivity contribution is 5.53. The van der Waals surface area contributed by atoms with Crippen LogP contribution < -0.4 is 0 Å². The van der Waals surface area contributed by atoms with Gasteiger partial charge in [-0.2, -0.15) is 0 Å². The largest absolute Gasteiger partial charge is 0.389 e.